The number of amides is 1. The molecule has 0 bridgehead atoms. The van der Waals surface area contributed by atoms with Gasteiger partial charge in [0.05, 0.1) is 30.8 Å². The van der Waals surface area contributed by atoms with E-state index in [1.54, 1.807) is 11.8 Å². The van der Waals surface area contributed by atoms with E-state index in [9.17, 15) is 20.0 Å². The van der Waals surface area contributed by atoms with Crippen molar-refractivity contribution in [2.75, 3.05) is 26.4 Å². The van der Waals surface area contributed by atoms with Gasteiger partial charge in [-0.2, -0.15) is 0 Å². The number of nitrogens with zero attached hydrogens (tertiary/aromatic N) is 2. The number of nitro groups is 1. The first-order valence-corrected chi connectivity index (χ1v) is 6.29. The molecule has 1 atom stereocenters. The van der Waals surface area contributed by atoms with Crippen LogP contribution >= 0.6 is 0 Å². The number of carbonyl (C=O) groups excluding carboxylic acids is 1. The summed E-state index contributed by atoms with van der Waals surface area (Å²) in [4.78, 5) is 24.2. The lowest BCUT2D eigenvalue weighted by Gasteiger charge is -2.34. The van der Waals surface area contributed by atoms with Crippen LogP contribution in [0.3, 0.4) is 0 Å². The van der Waals surface area contributed by atoms with Crippen molar-refractivity contribution in [3.63, 3.8) is 0 Å². The molecule has 1 aliphatic heterocycles. The van der Waals surface area contributed by atoms with Crippen LogP contribution in [0.2, 0.25) is 0 Å². The van der Waals surface area contributed by atoms with Crippen LogP contribution in [0.25, 0.3) is 0 Å². The Bertz CT molecular complexity index is 531. The molecule has 0 saturated carbocycles. The second-order valence-electron chi connectivity index (χ2n) is 4.67. The monoisotopic (exact) mass is 280 g/mol. The molecule has 1 N–H and O–H groups in total. The number of carbonyl (C=O) groups is 1. The molecule has 0 spiro atoms. The quantitative estimate of drug-likeness (QED) is 0.651. The maximum Gasteiger partial charge on any atom is 0.269 e. The fourth-order valence-corrected chi connectivity index (χ4v) is 2.23. The molecule has 1 heterocycles. The van der Waals surface area contributed by atoms with Gasteiger partial charge in [-0.05, 0) is 18.6 Å². The molecular weight excluding hydrogens is 264 g/mol. The number of nitro benzene ring substituents is 1. The summed E-state index contributed by atoms with van der Waals surface area (Å²) < 4.78 is 5.23. The summed E-state index contributed by atoms with van der Waals surface area (Å²) in [6.45, 7) is 2.62. The van der Waals surface area contributed by atoms with E-state index in [2.05, 4.69) is 0 Å². The van der Waals surface area contributed by atoms with Gasteiger partial charge in [0.25, 0.3) is 11.6 Å². The van der Waals surface area contributed by atoms with Crippen LogP contribution in [0.1, 0.15) is 15.9 Å². The Labute approximate surface area is 115 Å². The van der Waals surface area contributed by atoms with Crippen molar-refractivity contribution < 1.29 is 19.6 Å². The van der Waals surface area contributed by atoms with Crippen molar-refractivity contribution in [1.82, 2.24) is 4.90 Å². The first kappa shape index (κ1) is 14.4. The summed E-state index contributed by atoms with van der Waals surface area (Å²) in [7, 11) is 0. The fourth-order valence-electron chi connectivity index (χ4n) is 2.23. The van der Waals surface area contributed by atoms with Gasteiger partial charge in [-0.3, -0.25) is 14.9 Å². The Hall–Kier alpha value is -1.99. The van der Waals surface area contributed by atoms with Gasteiger partial charge < -0.3 is 14.7 Å². The standard InChI is InChI=1S/C13H16N2O5/c1-9-6-10(15(18)19)2-3-12(9)13(17)14-4-5-20-8-11(14)7-16/h2-3,6,11,16H,4-5,7-8H2,1H3. The highest BCUT2D eigenvalue weighted by molar-refractivity contribution is 5.96. The summed E-state index contributed by atoms with van der Waals surface area (Å²) in [6.07, 6.45) is 0. The highest BCUT2D eigenvalue weighted by Crippen LogP contribution is 2.20. The number of aliphatic hydroxyl groups excluding tert-OH is 1. The van der Waals surface area contributed by atoms with Gasteiger partial charge in [0, 0.05) is 24.2 Å². The second kappa shape index (κ2) is 5.98. The molecule has 20 heavy (non-hydrogen) atoms. The summed E-state index contributed by atoms with van der Waals surface area (Å²) in [5.41, 5.74) is 0.920. The van der Waals surface area contributed by atoms with Gasteiger partial charge in [0.15, 0.2) is 0 Å². The number of hydrogen-bond donors (Lipinski definition) is 1. The molecule has 108 valence electrons. The predicted octanol–water partition coefficient (Wildman–Crippen LogP) is 0.737. The van der Waals surface area contributed by atoms with Crippen molar-refractivity contribution in [2.24, 2.45) is 0 Å². The Morgan fingerprint density at radius 3 is 2.95 bits per heavy atom. The molecule has 0 aromatic heterocycles. The third-order valence-electron chi connectivity index (χ3n) is 3.35. The number of aryl methyl sites for hydroxylation is 1. The van der Waals surface area contributed by atoms with E-state index in [-0.39, 0.29) is 24.2 Å². The van der Waals surface area contributed by atoms with Crippen LogP contribution in [0.4, 0.5) is 5.69 Å². The third-order valence-corrected chi connectivity index (χ3v) is 3.35. The maximum atomic E-state index is 12.5. The Morgan fingerprint density at radius 2 is 2.35 bits per heavy atom. The molecule has 7 heteroatoms. The largest absolute Gasteiger partial charge is 0.394 e. The van der Waals surface area contributed by atoms with Crippen LogP contribution in [-0.2, 0) is 4.74 Å². The Kier molecular flexibility index (Phi) is 4.31. The molecule has 2 rings (SSSR count). The molecule has 7 nitrogen and oxygen atoms in total. The first-order chi connectivity index (χ1) is 9.54. The van der Waals surface area contributed by atoms with Crippen molar-refractivity contribution >= 4 is 11.6 Å². The molecule has 1 fully saturated rings. The van der Waals surface area contributed by atoms with E-state index in [4.69, 9.17) is 4.74 Å². The molecule has 0 radical (unpaired) electrons. The first-order valence-electron chi connectivity index (χ1n) is 6.29. The molecule has 0 aliphatic carbocycles. The van der Waals surface area contributed by atoms with Gasteiger partial charge in [-0.15, -0.1) is 0 Å². The number of ether oxygens (including phenoxy) is 1. The summed E-state index contributed by atoms with van der Waals surface area (Å²) in [5.74, 6) is -0.236. The minimum absolute atomic E-state index is 0.0419. The van der Waals surface area contributed by atoms with Gasteiger partial charge in [0.1, 0.15) is 0 Å². The van der Waals surface area contributed by atoms with Crippen LogP contribution in [-0.4, -0.2) is 53.2 Å². The average Bonchev–Trinajstić information content (AvgIpc) is 2.46. The smallest absolute Gasteiger partial charge is 0.269 e. The molecule has 1 aromatic carbocycles. The van der Waals surface area contributed by atoms with Crippen LogP contribution in [0, 0.1) is 17.0 Å². The van der Waals surface area contributed by atoms with Gasteiger partial charge >= 0.3 is 0 Å². The number of morpholine rings is 1. The van der Waals surface area contributed by atoms with Crippen molar-refractivity contribution in [3.05, 3.63) is 39.4 Å². The molecular formula is C13H16N2O5. The number of non-ortho nitro benzene ring substituents is 1. The Balaban J connectivity index is 2.26. The maximum absolute atomic E-state index is 12.5. The third kappa shape index (κ3) is 2.78. The predicted molar refractivity (Wildman–Crippen MR) is 70.6 cm³/mol. The summed E-state index contributed by atoms with van der Waals surface area (Å²) in [6, 6.07) is 3.78. The van der Waals surface area contributed by atoms with E-state index in [1.165, 1.54) is 18.2 Å². The van der Waals surface area contributed by atoms with Crippen molar-refractivity contribution in [3.8, 4) is 0 Å². The van der Waals surface area contributed by atoms with E-state index >= 15 is 0 Å². The minimum Gasteiger partial charge on any atom is -0.394 e. The number of rotatable bonds is 3. The van der Waals surface area contributed by atoms with E-state index in [0.29, 0.717) is 30.9 Å². The molecule has 1 saturated heterocycles. The summed E-state index contributed by atoms with van der Waals surface area (Å²) >= 11 is 0. The molecule has 1 aromatic rings. The lowest BCUT2D eigenvalue weighted by molar-refractivity contribution is -0.384. The Morgan fingerprint density at radius 1 is 1.60 bits per heavy atom. The highest BCUT2D eigenvalue weighted by Gasteiger charge is 2.28. The number of aliphatic hydroxyl groups is 1. The molecule has 1 aliphatic rings. The second-order valence-corrected chi connectivity index (χ2v) is 4.67. The normalized spacial score (nSPS) is 18.9. The topological polar surface area (TPSA) is 92.9 Å². The minimum atomic E-state index is -0.494. The van der Waals surface area contributed by atoms with Crippen LogP contribution < -0.4 is 0 Å². The van der Waals surface area contributed by atoms with E-state index < -0.39 is 4.92 Å². The van der Waals surface area contributed by atoms with Gasteiger partial charge in [-0.25, -0.2) is 0 Å². The molecule has 1 amide bonds. The van der Waals surface area contributed by atoms with E-state index in [1.807, 2.05) is 0 Å². The van der Waals surface area contributed by atoms with Crippen molar-refractivity contribution in [2.45, 2.75) is 13.0 Å². The number of hydrogen-bond acceptors (Lipinski definition) is 5. The van der Waals surface area contributed by atoms with Crippen LogP contribution in [0.15, 0.2) is 18.2 Å². The lowest BCUT2D eigenvalue weighted by Crippen LogP contribution is -2.50. The highest BCUT2D eigenvalue weighted by atomic mass is 16.6. The zero-order valence-electron chi connectivity index (χ0n) is 11.1. The number of benzene rings is 1. The van der Waals surface area contributed by atoms with Crippen LogP contribution in [0.5, 0.6) is 0 Å². The zero-order valence-corrected chi connectivity index (χ0v) is 11.1. The molecule has 1 unspecified atom stereocenters. The van der Waals surface area contributed by atoms with Gasteiger partial charge in [-0.1, -0.05) is 0 Å². The lowest BCUT2D eigenvalue weighted by atomic mass is 10.1. The summed E-state index contributed by atoms with van der Waals surface area (Å²) in [5, 5.41) is 20.0. The average molecular weight is 280 g/mol. The van der Waals surface area contributed by atoms with E-state index in [0.717, 1.165) is 0 Å². The zero-order chi connectivity index (χ0) is 14.7. The van der Waals surface area contributed by atoms with Crippen molar-refractivity contribution in [1.29, 1.82) is 0 Å². The van der Waals surface area contributed by atoms with Gasteiger partial charge in [0.2, 0.25) is 0 Å². The fraction of sp³-hybridized carbons (Fsp3) is 0.462. The SMILES string of the molecule is Cc1cc([N+](=O)[O-])ccc1C(=O)N1CCOCC1CO.